The number of carbonyl (C=O) groups is 1. The summed E-state index contributed by atoms with van der Waals surface area (Å²) < 4.78 is 5.83. The van der Waals surface area contributed by atoms with Crippen LogP contribution in [0.2, 0.25) is 0 Å². The first kappa shape index (κ1) is 13.8. The van der Waals surface area contributed by atoms with Gasteiger partial charge in [-0.05, 0) is 43.9 Å². The van der Waals surface area contributed by atoms with E-state index in [4.69, 9.17) is 9.72 Å². The molecule has 1 fully saturated rings. The van der Waals surface area contributed by atoms with Gasteiger partial charge in [0, 0.05) is 11.5 Å². The van der Waals surface area contributed by atoms with Gasteiger partial charge in [-0.3, -0.25) is 0 Å². The van der Waals surface area contributed by atoms with Gasteiger partial charge in [-0.1, -0.05) is 30.3 Å². The molecule has 0 unspecified atom stereocenters. The standard InChI is InChI=1S/C20H18N2O2/c23-19-14-5-1-2-6-15(14)20(24-19)11-9-13(10-12-20)18-21-16-7-3-4-8-17(16)22-18/h1-8,13H,9-12H2,(H,21,22). The number of fused-ring (bicyclic) bond motifs is 3. The molecule has 5 rings (SSSR count). The predicted molar refractivity (Wildman–Crippen MR) is 90.8 cm³/mol. The van der Waals surface area contributed by atoms with Gasteiger partial charge in [0.25, 0.3) is 0 Å². The summed E-state index contributed by atoms with van der Waals surface area (Å²) in [5.74, 6) is 1.28. The summed E-state index contributed by atoms with van der Waals surface area (Å²) in [6.07, 6.45) is 3.66. The highest BCUT2D eigenvalue weighted by Crippen LogP contribution is 2.49. The molecule has 24 heavy (non-hydrogen) atoms. The van der Waals surface area contributed by atoms with Crippen LogP contribution in [0.3, 0.4) is 0 Å². The number of nitrogens with one attached hydrogen (secondary N) is 1. The zero-order valence-corrected chi connectivity index (χ0v) is 13.3. The van der Waals surface area contributed by atoms with Gasteiger partial charge in [0.15, 0.2) is 0 Å². The smallest absolute Gasteiger partial charge is 0.339 e. The Morgan fingerprint density at radius 3 is 2.62 bits per heavy atom. The Hall–Kier alpha value is -2.62. The number of ether oxygens (including phenoxy) is 1. The number of aromatic amines is 1. The molecule has 1 saturated carbocycles. The van der Waals surface area contributed by atoms with Gasteiger partial charge in [0.05, 0.1) is 16.6 Å². The fourth-order valence-corrected chi connectivity index (χ4v) is 4.24. The van der Waals surface area contributed by atoms with Crippen molar-refractivity contribution in [1.29, 1.82) is 0 Å². The fourth-order valence-electron chi connectivity index (χ4n) is 4.24. The van der Waals surface area contributed by atoms with Crippen LogP contribution < -0.4 is 0 Å². The maximum Gasteiger partial charge on any atom is 0.339 e. The summed E-state index contributed by atoms with van der Waals surface area (Å²) in [6.45, 7) is 0. The average molecular weight is 318 g/mol. The number of hydrogen-bond acceptors (Lipinski definition) is 3. The summed E-state index contributed by atoms with van der Waals surface area (Å²) >= 11 is 0. The molecule has 1 aromatic heterocycles. The highest BCUT2D eigenvalue weighted by Gasteiger charge is 2.47. The number of nitrogens with zero attached hydrogens (tertiary/aromatic N) is 1. The van der Waals surface area contributed by atoms with Crippen molar-refractivity contribution < 1.29 is 9.53 Å². The van der Waals surface area contributed by atoms with Crippen molar-refractivity contribution in [2.24, 2.45) is 0 Å². The van der Waals surface area contributed by atoms with Crippen molar-refractivity contribution in [3.8, 4) is 0 Å². The van der Waals surface area contributed by atoms with Crippen molar-refractivity contribution in [2.45, 2.75) is 37.2 Å². The van der Waals surface area contributed by atoms with Crippen LogP contribution in [0.4, 0.5) is 0 Å². The van der Waals surface area contributed by atoms with Gasteiger partial charge < -0.3 is 9.72 Å². The Morgan fingerprint density at radius 1 is 1.04 bits per heavy atom. The van der Waals surface area contributed by atoms with Gasteiger partial charge in [0.2, 0.25) is 0 Å². The zero-order valence-electron chi connectivity index (χ0n) is 13.3. The number of H-pyrrole nitrogens is 1. The number of benzene rings is 2. The summed E-state index contributed by atoms with van der Waals surface area (Å²) in [7, 11) is 0. The number of aromatic nitrogens is 2. The fraction of sp³-hybridized carbons (Fsp3) is 0.300. The van der Waals surface area contributed by atoms with E-state index >= 15 is 0 Å². The molecule has 2 heterocycles. The minimum atomic E-state index is -0.420. The topological polar surface area (TPSA) is 55.0 Å². The zero-order chi connectivity index (χ0) is 16.1. The molecule has 0 amide bonds. The third-order valence-electron chi connectivity index (χ3n) is 5.51. The second-order valence-corrected chi connectivity index (χ2v) is 6.84. The molecule has 0 saturated heterocycles. The molecule has 1 aliphatic heterocycles. The Kier molecular flexibility index (Phi) is 2.84. The molecule has 1 aliphatic carbocycles. The Balaban J connectivity index is 1.42. The normalized spacial score (nSPS) is 25.8. The van der Waals surface area contributed by atoms with E-state index in [0.29, 0.717) is 5.92 Å². The third kappa shape index (κ3) is 1.92. The molecular weight excluding hydrogens is 300 g/mol. The predicted octanol–water partition coefficient (Wildman–Crippen LogP) is 4.29. The molecule has 120 valence electrons. The lowest BCUT2D eigenvalue weighted by Crippen LogP contribution is -2.31. The van der Waals surface area contributed by atoms with E-state index in [1.165, 1.54) is 0 Å². The van der Waals surface area contributed by atoms with Crippen molar-refractivity contribution in [3.05, 3.63) is 65.5 Å². The molecular formula is C20H18N2O2. The number of hydrogen-bond donors (Lipinski definition) is 1. The van der Waals surface area contributed by atoms with Crippen LogP contribution in [0.1, 0.15) is 53.3 Å². The molecule has 3 aromatic rings. The van der Waals surface area contributed by atoms with Gasteiger partial charge >= 0.3 is 5.97 Å². The average Bonchev–Trinajstić information content (AvgIpc) is 3.16. The van der Waals surface area contributed by atoms with Crippen LogP contribution >= 0.6 is 0 Å². The van der Waals surface area contributed by atoms with Crippen molar-refractivity contribution in [3.63, 3.8) is 0 Å². The number of para-hydroxylation sites is 2. The van der Waals surface area contributed by atoms with E-state index in [9.17, 15) is 4.79 Å². The van der Waals surface area contributed by atoms with Crippen LogP contribution in [-0.4, -0.2) is 15.9 Å². The van der Waals surface area contributed by atoms with Gasteiger partial charge in [0.1, 0.15) is 11.4 Å². The Labute approximate surface area is 139 Å². The lowest BCUT2D eigenvalue weighted by molar-refractivity contribution is -0.0312. The molecule has 4 heteroatoms. The number of esters is 1. The molecule has 2 aliphatic rings. The Bertz CT molecular complexity index is 902. The largest absolute Gasteiger partial charge is 0.451 e. The summed E-state index contributed by atoms with van der Waals surface area (Å²) in [5, 5.41) is 0. The summed E-state index contributed by atoms with van der Waals surface area (Å²) in [5.41, 5.74) is 3.49. The quantitative estimate of drug-likeness (QED) is 0.681. The minimum Gasteiger partial charge on any atom is -0.451 e. The van der Waals surface area contributed by atoms with Gasteiger partial charge in [-0.25, -0.2) is 9.78 Å². The molecule has 1 N–H and O–H groups in total. The molecule has 4 nitrogen and oxygen atoms in total. The van der Waals surface area contributed by atoms with Crippen LogP contribution in [0, 0.1) is 0 Å². The summed E-state index contributed by atoms with van der Waals surface area (Å²) in [4.78, 5) is 20.4. The van der Waals surface area contributed by atoms with Gasteiger partial charge in [-0.15, -0.1) is 0 Å². The molecule has 2 aromatic carbocycles. The van der Waals surface area contributed by atoms with Gasteiger partial charge in [-0.2, -0.15) is 0 Å². The second-order valence-electron chi connectivity index (χ2n) is 6.84. The monoisotopic (exact) mass is 318 g/mol. The van der Waals surface area contributed by atoms with Crippen LogP contribution in [-0.2, 0) is 10.3 Å². The summed E-state index contributed by atoms with van der Waals surface area (Å²) in [6, 6.07) is 15.9. The Morgan fingerprint density at radius 2 is 1.79 bits per heavy atom. The molecule has 1 spiro atoms. The van der Waals surface area contributed by atoms with Crippen molar-refractivity contribution >= 4 is 17.0 Å². The SMILES string of the molecule is O=C1OC2(CCC(c3nc4ccccc4[nH]3)CC2)c2ccccc21. The van der Waals surface area contributed by atoms with Crippen LogP contribution in [0.5, 0.6) is 0 Å². The number of rotatable bonds is 1. The van der Waals surface area contributed by atoms with Crippen molar-refractivity contribution in [1.82, 2.24) is 9.97 Å². The van der Waals surface area contributed by atoms with E-state index in [0.717, 1.165) is 53.7 Å². The maximum atomic E-state index is 12.2. The first-order valence-corrected chi connectivity index (χ1v) is 8.53. The third-order valence-corrected chi connectivity index (χ3v) is 5.51. The second kappa shape index (κ2) is 4.94. The lowest BCUT2D eigenvalue weighted by Gasteiger charge is -2.35. The lowest BCUT2D eigenvalue weighted by atomic mass is 9.75. The molecule has 0 bridgehead atoms. The number of imidazole rings is 1. The maximum absolute atomic E-state index is 12.2. The van der Waals surface area contributed by atoms with Crippen LogP contribution in [0.15, 0.2) is 48.5 Å². The molecule has 0 atom stereocenters. The van der Waals surface area contributed by atoms with E-state index in [-0.39, 0.29) is 5.97 Å². The minimum absolute atomic E-state index is 0.173. The first-order chi connectivity index (χ1) is 11.8. The highest BCUT2D eigenvalue weighted by molar-refractivity contribution is 5.94. The van der Waals surface area contributed by atoms with E-state index in [1.54, 1.807) is 0 Å². The van der Waals surface area contributed by atoms with E-state index in [2.05, 4.69) is 11.1 Å². The van der Waals surface area contributed by atoms with Crippen LogP contribution in [0.25, 0.3) is 11.0 Å². The van der Waals surface area contributed by atoms with E-state index in [1.807, 2.05) is 42.5 Å². The molecule has 0 radical (unpaired) electrons. The highest BCUT2D eigenvalue weighted by atomic mass is 16.6. The van der Waals surface area contributed by atoms with Crippen molar-refractivity contribution in [2.75, 3.05) is 0 Å². The number of carbonyl (C=O) groups excluding carboxylic acids is 1. The van der Waals surface area contributed by atoms with E-state index < -0.39 is 5.60 Å². The first-order valence-electron chi connectivity index (χ1n) is 8.53.